The molecule has 0 unspecified atom stereocenters. The maximum Gasteiger partial charge on any atom is 0.223 e. The van der Waals surface area contributed by atoms with Crippen LogP contribution in [0.15, 0.2) is 0 Å². The zero-order chi connectivity index (χ0) is 21.2. The van der Waals surface area contributed by atoms with Crippen molar-refractivity contribution < 1.29 is 9.53 Å². The Morgan fingerprint density at radius 3 is 2.74 bits per heavy atom. The first-order valence-corrected chi connectivity index (χ1v) is 13.0. The van der Waals surface area contributed by atoms with Crippen LogP contribution < -0.4 is 10.2 Å². The van der Waals surface area contributed by atoms with Gasteiger partial charge in [-0.1, -0.05) is 0 Å². The Balaban J connectivity index is 1.29. The summed E-state index contributed by atoms with van der Waals surface area (Å²) >= 11 is 1.91. The Morgan fingerprint density at radius 1 is 1.16 bits per heavy atom. The van der Waals surface area contributed by atoms with Crippen LogP contribution >= 0.6 is 11.3 Å². The second-order valence-electron chi connectivity index (χ2n) is 9.17. The van der Waals surface area contributed by atoms with E-state index in [2.05, 4.69) is 10.2 Å². The number of thiophene rings is 1. The summed E-state index contributed by atoms with van der Waals surface area (Å²) in [5.74, 6) is 3.08. The van der Waals surface area contributed by atoms with Crippen LogP contribution in [0.5, 0.6) is 0 Å². The molecule has 5 rings (SSSR count). The number of nitrogens with zero attached hydrogens (tertiary/aromatic N) is 3. The summed E-state index contributed by atoms with van der Waals surface area (Å²) in [6.07, 6.45) is 10.0. The lowest BCUT2D eigenvalue weighted by atomic mass is 9.94. The van der Waals surface area contributed by atoms with Crippen molar-refractivity contribution in [2.45, 2.75) is 70.6 Å². The van der Waals surface area contributed by atoms with Gasteiger partial charge < -0.3 is 15.0 Å². The number of aryl methyl sites for hydroxylation is 2. The van der Waals surface area contributed by atoms with Crippen molar-refractivity contribution in [3.63, 3.8) is 0 Å². The maximum absolute atomic E-state index is 12.6. The van der Waals surface area contributed by atoms with E-state index in [1.54, 1.807) is 0 Å². The predicted molar refractivity (Wildman–Crippen MR) is 125 cm³/mol. The van der Waals surface area contributed by atoms with Crippen LogP contribution in [0.3, 0.4) is 0 Å². The molecule has 6 nitrogen and oxygen atoms in total. The Kier molecular flexibility index (Phi) is 6.41. The molecule has 2 fully saturated rings. The van der Waals surface area contributed by atoms with Gasteiger partial charge in [0.05, 0.1) is 5.39 Å². The number of fused-ring (bicyclic) bond motifs is 3. The standard InChI is InChI=1S/C24H34N4O2S/c1-2-30-15-5-12-25-23(29)17-10-13-28(14-11-17)22-20-18-6-3-4-7-19(18)31-24(20)27-21(26-22)16-8-9-16/h16-17H,2-15H2,1H3,(H,25,29). The molecule has 168 valence electrons. The molecular weight excluding hydrogens is 408 g/mol. The smallest absolute Gasteiger partial charge is 0.223 e. The van der Waals surface area contributed by atoms with E-state index >= 15 is 0 Å². The van der Waals surface area contributed by atoms with E-state index in [-0.39, 0.29) is 11.8 Å². The highest BCUT2D eigenvalue weighted by Gasteiger charge is 2.32. The van der Waals surface area contributed by atoms with Gasteiger partial charge in [-0.3, -0.25) is 4.79 Å². The van der Waals surface area contributed by atoms with Gasteiger partial charge in [0.25, 0.3) is 0 Å². The number of ether oxygens (including phenoxy) is 1. The number of carbonyl (C=O) groups is 1. The normalized spacial score (nSPS) is 19.6. The minimum atomic E-state index is 0.111. The van der Waals surface area contributed by atoms with Crippen LogP contribution in [0, 0.1) is 5.92 Å². The Morgan fingerprint density at radius 2 is 1.97 bits per heavy atom. The fraction of sp³-hybridized carbons (Fsp3) is 0.708. The number of anilines is 1. The van der Waals surface area contributed by atoms with E-state index in [0.29, 0.717) is 19.1 Å². The van der Waals surface area contributed by atoms with Gasteiger partial charge in [0.2, 0.25) is 5.91 Å². The second kappa shape index (κ2) is 9.41. The highest BCUT2D eigenvalue weighted by atomic mass is 32.1. The predicted octanol–water partition coefficient (Wildman–Crippen LogP) is 4.21. The van der Waals surface area contributed by atoms with Gasteiger partial charge in [-0.15, -0.1) is 11.3 Å². The first-order valence-electron chi connectivity index (χ1n) is 12.2. The fourth-order valence-corrected chi connectivity index (χ4v) is 6.20. The molecule has 0 radical (unpaired) electrons. The molecule has 1 aliphatic heterocycles. The van der Waals surface area contributed by atoms with Crippen molar-refractivity contribution in [3.05, 3.63) is 16.3 Å². The van der Waals surface area contributed by atoms with E-state index in [1.807, 2.05) is 18.3 Å². The highest BCUT2D eigenvalue weighted by Crippen LogP contribution is 2.44. The molecule has 0 spiro atoms. The molecule has 7 heteroatoms. The van der Waals surface area contributed by atoms with Gasteiger partial charge in [-0.05, 0) is 70.3 Å². The molecule has 0 aromatic carbocycles. The van der Waals surface area contributed by atoms with Crippen LogP contribution in [-0.4, -0.2) is 48.7 Å². The Hall–Kier alpha value is -1.73. The number of nitrogens with one attached hydrogen (secondary N) is 1. The number of rotatable bonds is 8. The summed E-state index contributed by atoms with van der Waals surface area (Å²) in [6, 6.07) is 0. The van der Waals surface area contributed by atoms with E-state index in [4.69, 9.17) is 14.7 Å². The lowest BCUT2D eigenvalue weighted by molar-refractivity contribution is -0.125. The van der Waals surface area contributed by atoms with Crippen LogP contribution in [0.4, 0.5) is 5.82 Å². The maximum atomic E-state index is 12.6. The molecule has 3 aliphatic rings. The lowest BCUT2D eigenvalue weighted by Crippen LogP contribution is -2.41. The minimum Gasteiger partial charge on any atom is -0.382 e. The van der Waals surface area contributed by atoms with Gasteiger partial charge in [0, 0.05) is 49.6 Å². The average Bonchev–Trinajstić information content (AvgIpc) is 3.59. The van der Waals surface area contributed by atoms with Gasteiger partial charge in [-0.2, -0.15) is 0 Å². The number of hydrogen-bond donors (Lipinski definition) is 1. The van der Waals surface area contributed by atoms with Gasteiger partial charge in [0.15, 0.2) is 0 Å². The quantitative estimate of drug-likeness (QED) is 0.621. The van der Waals surface area contributed by atoms with Crippen LogP contribution in [0.25, 0.3) is 10.2 Å². The Labute approximate surface area is 188 Å². The molecule has 3 heterocycles. The molecule has 1 amide bonds. The molecule has 0 atom stereocenters. The summed E-state index contributed by atoms with van der Waals surface area (Å²) in [5, 5.41) is 4.43. The third-order valence-corrected chi connectivity index (χ3v) is 8.08. The van der Waals surface area contributed by atoms with Crippen LogP contribution in [-0.2, 0) is 22.4 Å². The van der Waals surface area contributed by atoms with Crippen molar-refractivity contribution in [1.82, 2.24) is 15.3 Å². The van der Waals surface area contributed by atoms with Gasteiger partial charge in [0.1, 0.15) is 16.5 Å². The molecule has 1 saturated carbocycles. The number of amides is 1. The van der Waals surface area contributed by atoms with Crippen LogP contribution in [0.2, 0.25) is 0 Å². The third kappa shape index (κ3) is 4.58. The highest BCUT2D eigenvalue weighted by molar-refractivity contribution is 7.19. The van der Waals surface area contributed by atoms with Crippen molar-refractivity contribution in [2.24, 2.45) is 5.92 Å². The molecular formula is C24H34N4O2S. The number of aromatic nitrogens is 2. The topological polar surface area (TPSA) is 67.3 Å². The summed E-state index contributed by atoms with van der Waals surface area (Å²) < 4.78 is 5.35. The van der Waals surface area contributed by atoms with Crippen molar-refractivity contribution >= 4 is 33.3 Å². The van der Waals surface area contributed by atoms with Crippen molar-refractivity contribution in [3.8, 4) is 0 Å². The molecule has 2 aromatic heterocycles. The first kappa shape index (κ1) is 21.1. The summed E-state index contributed by atoms with van der Waals surface area (Å²) in [6.45, 7) is 5.95. The van der Waals surface area contributed by atoms with Crippen molar-refractivity contribution in [1.29, 1.82) is 0 Å². The number of piperidine rings is 1. The largest absolute Gasteiger partial charge is 0.382 e. The van der Waals surface area contributed by atoms with Crippen LogP contribution in [0.1, 0.15) is 74.1 Å². The molecule has 2 aromatic rings. The Bertz CT molecular complexity index is 931. The number of hydrogen-bond acceptors (Lipinski definition) is 6. The number of carbonyl (C=O) groups excluding carboxylic acids is 1. The summed E-state index contributed by atoms with van der Waals surface area (Å²) in [4.78, 5) is 27.9. The first-order chi connectivity index (χ1) is 15.2. The average molecular weight is 443 g/mol. The summed E-state index contributed by atoms with van der Waals surface area (Å²) in [7, 11) is 0. The zero-order valence-corrected chi connectivity index (χ0v) is 19.4. The van der Waals surface area contributed by atoms with E-state index < -0.39 is 0 Å². The molecule has 2 aliphatic carbocycles. The summed E-state index contributed by atoms with van der Waals surface area (Å²) in [5.41, 5.74) is 1.51. The van der Waals surface area contributed by atoms with Gasteiger partial charge >= 0.3 is 0 Å². The molecule has 1 N–H and O–H groups in total. The fourth-order valence-electron chi connectivity index (χ4n) is 4.94. The molecule has 0 bridgehead atoms. The van der Waals surface area contributed by atoms with E-state index in [9.17, 15) is 4.79 Å². The second-order valence-corrected chi connectivity index (χ2v) is 10.3. The van der Waals surface area contributed by atoms with E-state index in [0.717, 1.165) is 57.0 Å². The van der Waals surface area contributed by atoms with Crippen molar-refractivity contribution in [2.75, 3.05) is 37.7 Å². The SMILES string of the molecule is CCOCCCNC(=O)C1CCN(c2nc(C3CC3)nc3sc4c(c23)CCCC4)CC1. The zero-order valence-electron chi connectivity index (χ0n) is 18.6. The third-order valence-electron chi connectivity index (χ3n) is 6.89. The monoisotopic (exact) mass is 442 g/mol. The minimum absolute atomic E-state index is 0.111. The molecule has 1 saturated heterocycles. The lowest BCUT2D eigenvalue weighted by Gasteiger charge is -2.33. The van der Waals surface area contributed by atoms with Gasteiger partial charge in [-0.25, -0.2) is 9.97 Å². The van der Waals surface area contributed by atoms with E-state index in [1.165, 1.54) is 52.8 Å². The molecule has 31 heavy (non-hydrogen) atoms.